The number of rotatable bonds is 3. The van der Waals surface area contributed by atoms with Gasteiger partial charge in [-0.1, -0.05) is 35.9 Å². The molecule has 92 valence electrons. The lowest BCUT2D eigenvalue weighted by atomic mass is 10.1. The summed E-state index contributed by atoms with van der Waals surface area (Å²) in [5.41, 5.74) is 0.693. The molecule has 0 atom stereocenters. The minimum atomic E-state index is -0.372. The van der Waals surface area contributed by atoms with Gasteiger partial charge in [0, 0.05) is 0 Å². The quantitative estimate of drug-likeness (QED) is 0.683. The number of esters is 1. The molecule has 0 unspecified atom stereocenters. The van der Waals surface area contributed by atoms with Gasteiger partial charge in [-0.2, -0.15) is 0 Å². The van der Waals surface area contributed by atoms with Crippen LogP contribution in [-0.2, 0) is 11.2 Å². The highest BCUT2D eigenvalue weighted by atomic mass is 35.5. The molecular formula is C14H11ClO3. The van der Waals surface area contributed by atoms with Crippen molar-refractivity contribution in [1.29, 1.82) is 0 Å². The molecule has 0 aromatic heterocycles. The molecule has 0 radical (unpaired) electrons. The van der Waals surface area contributed by atoms with Crippen LogP contribution in [0.2, 0.25) is 5.02 Å². The van der Waals surface area contributed by atoms with Crippen molar-refractivity contribution in [2.24, 2.45) is 0 Å². The number of phenols is 1. The van der Waals surface area contributed by atoms with E-state index < -0.39 is 0 Å². The van der Waals surface area contributed by atoms with Gasteiger partial charge >= 0.3 is 5.97 Å². The lowest BCUT2D eigenvalue weighted by Gasteiger charge is -2.05. The highest BCUT2D eigenvalue weighted by Gasteiger charge is 2.08. The maximum Gasteiger partial charge on any atom is 0.315 e. The van der Waals surface area contributed by atoms with Crippen LogP contribution in [0.15, 0.2) is 48.5 Å². The van der Waals surface area contributed by atoms with Gasteiger partial charge in [-0.15, -0.1) is 0 Å². The Balaban J connectivity index is 2.01. The maximum atomic E-state index is 11.7. The van der Waals surface area contributed by atoms with Gasteiger partial charge in [0.05, 0.1) is 11.4 Å². The zero-order valence-electron chi connectivity index (χ0n) is 9.47. The van der Waals surface area contributed by atoms with Gasteiger partial charge in [-0.3, -0.25) is 4.79 Å². The van der Waals surface area contributed by atoms with E-state index in [1.54, 1.807) is 36.4 Å². The molecule has 0 aliphatic rings. The molecule has 0 bridgehead atoms. The van der Waals surface area contributed by atoms with Crippen LogP contribution < -0.4 is 4.74 Å². The fourth-order valence-electron chi connectivity index (χ4n) is 1.48. The van der Waals surface area contributed by atoms with E-state index >= 15 is 0 Å². The molecule has 4 heteroatoms. The lowest BCUT2D eigenvalue weighted by molar-refractivity contribution is -0.133. The van der Waals surface area contributed by atoms with Crippen LogP contribution in [0.25, 0.3) is 0 Å². The molecular weight excluding hydrogens is 252 g/mol. The summed E-state index contributed by atoms with van der Waals surface area (Å²) in [6.45, 7) is 0. The van der Waals surface area contributed by atoms with Gasteiger partial charge in [-0.25, -0.2) is 0 Å². The molecule has 2 aromatic carbocycles. The van der Waals surface area contributed by atoms with Gasteiger partial charge in [0.1, 0.15) is 11.5 Å². The Kier molecular flexibility index (Phi) is 3.85. The second-order valence-corrected chi connectivity index (χ2v) is 4.16. The third-order valence-corrected chi connectivity index (χ3v) is 2.64. The monoisotopic (exact) mass is 262 g/mol. The summed E-state index contributed by atoms with van der Waals surface area (Å²) < 4.78 is 5.14. The maximum absolute atomic E-state index is 11.7. The number of phenolic OH excluding ortho intramolecular Hbond substituents is 1. The molecule has 18 heavy (non-hydrogen) atoms. The van der Waals surface area contributed by atoms with Gasteiger partial charge in [0.15, 0.2) is 0 Å². The molecule has 0 aliphatic heterocycles. The number of benzene rings is 2. The first kappa shape index (κ1) is 12.5. The minimum Gasteiger partial charge on any atom is -0.506 e. The number of para-hydroxylation sites is 1. The second-order valence-electron chi connectivity index (χ2n) is 3.75. The van der Waals surface area contributed by atoms with Crippen LogP contribution in [0.4, 0.5) is 0 Å². The van der Waals surface area contributed by atoms with E-state index in [-0.39, 0.29) is 23.2 Å². The second kappa shape index (κ2) is 5.56. The molecule has 3 nitrogen and oxygen atoms in total. The summed E-state index contributed by atoms with van der Waals surface area (Å²) in [5, 5.41) is 9.49. The van der Waals surface area contributed by atoms with Crippen LogP contribution in [0.1, 0.15) is 5.56 Å². The number of carbonyl (C=O) groups excluding carboxylic acids is 1. The first-order valence-electron chi connectivity index (χ1n) is 5.38. The molecule has 0 saturated heterocycles. The zero-order valence-corrected chi connectivity index (χ0v) is 10.2. The zero-order chi connectivity index (χ0) is 13.0. The van der Waals surface area contributed by atoms with Crippen LogP contribution in [-0.4, -0.2) is 11.1 Å². The standard InChI is InChI=1S/C14H11ClO3/c15-12-8-10(6-7-13(12)16)9-14(17)18-11-4-2-1-3-5-11/h1-8,16H,9H2. The summed E-state index contributed by atoms with van der Waals surface area (Å²) in [6, 6.07) is 13.5. The summed E-state index contributed by atoms with van der Waals surface area (Å²) in [4.78, 5) is 11.7. The number of hydrogen-bond donors (Lipinski definition) is 1. The first-order valence-corrected chi connectivity index (χ1v) is 5.76. The van der Waals surface area contributed by atoms with Crippen molar-refractivity contribution in [3.05, 3.63) is 59.1 Å². The van der Waals surface area contributed by atoms with Gasteiger partial charge in [-0.05, 0) is 29.8 Å². The van der Waals surface area contributed by atoms with Gasteiger partial charge < -0.3 is 9.84 Å². The third-order valence-electron chi connectivity index (χ3n) is 2.34. The predicted octanol–water partition coefficient (Wildman–Crippen LogP) is 3.19. The van der Waals surface area contributed by atoms with Crippen LogP contribution in [0.5, 0.6) is 11.5 Å². The van der Waals surface area contributed by atoms with E-state index in [9.17, 15) is 9.90 Å². The van der Waals surface area contributed by atoms with Crippen molar-refractivity contribution in [2.75, 3.05) is 0 Å². The summed E-state index contributed by atoms with van der Waals surface area (Å²) >= 11 is 5.76. The van der Waals surface area contributed by atoms with Crippen molar-refractivity contribution < 1.29 is 14.6 Å². The van der Waals surface area contributed by atoms with E-state index in [0.717, 1.165) is 0 Å². The molecule has 0 saturated carbocycles. The summed E-state index contributed by atoms with van der Waals surface area (Å²) in [6.07, 6.45) is 0.106. The largest absolute Gasteiger partial charge is 0.506 e. The first-order chi connectivity index (χ1) is 8.65. The Bertz CT molecular complexity index is 552. The highest BCUT2D eigenvalue weighted by molar-refractivity contribution is 6.32. The third kappa shape index (κ3) is 3.25. The van der Waals surface area contributed by atoms with E-state index in [2.05, 4.69) is 0 Å². The molecule has 0 spiro atoms. The Morgan fingerprint density at radius 1 is 1.17 bits per heavy atom. The predicted molar refractivity (Wildman–Crippen MR) is 68.9 cm³/mol. The molecule has 1 N–H and O–H groups in total. The number of ether oxygens (including phenoxy) is 1. The Hall–Kier alpha value is -2.00. The molecule has 0 aliphatic carbocycles. The van der Waals surface area contributed by atoms with E-state index in [1.807, 2.05) is 6.07 Å². The van der Waals surface area contributed by atoms with Crippen LogP contribution in [0.3, 0.4) is 0 Å². The van der Waals surface area contributed by atoms with E-state index in [4.69, 9.17) is 16.3 Å². The average Bonchev–Trinajstić information content (AvgIpc) is 2.35. The van der Waals surface area contributed by atoms with Crippen molar-refractivity contribution >= 4 is 17.6 Å². The fraction of sp³-hybridized carbons (Fsp3) is 0.0714. The number of halogens is 1. The summed E-state index contributed by atoms with van der Waals surface area (Å²) in [5.74, 6) is 0.132. The number of aromatic hydroxyl groups is 1. The van der Waals surface area contributed by atoms with Crippen molar-refractivity contribution in [1.82, 2.24) is 0 Å². The Morgan fingerprint density at radius 2 is 1.89 bits per heavy atom. The Labute approximate surface area is 110 Å². The molecule has 0 heterocycles. The van der Waals surface area contributed by atoms with Crippen molar-refractivity contribution in [2.45, 2.75) is 6.42 Å². The fourth-order valence-corrected chi connectivity index (χ4v) is 1.69. The van der Waals surface area contributed by atoms with E-state index in [1.165, 1.54) is 6.07 Å². The van der Waals surface area contributed by atoms with Crippen LogP contribution in [0, 0.1) is 0 Å². The van der Waals surface area contributed by atoms with Crippen molar-refractivity contribution in [3.8, 4) is 11.5 Å². The molecule has 2 rings (SSSR count). The van der Waals surface area contributed by atoms with E-state index in [0.29, 0.717) is 11.3 Å². The van der Waals surface area contributed by atoms with Gasteiger partial charge in [0.2, 0.25) is 0 Å². The minimum absolute atomic E-state index is 0.00292. The molecule has 2 aromatic rings. The number of carbonyl (C=O) groups is 1. The van der Waals surface area contributed by atoms with Gasteiger partial charge in [0.25, 0.3) is 0 Å². The smallest absolute Gasteiger partial charge is 0.315 e. The SMILES string of the molecule is O=C(Cc1ccc(O)c(Cl)c1)Oc1ccccc1. The lowest BCUT2D eigenvalue weighted by Crippen LogP contribution is -2.11. The normalized spacial score (nSPS) is 10.1. The molecule has 0 fully saturated rings. The topological polar surface area (TPSA) is 46.5 Å². The number of hydrogen-bond acceptors (Lipinski definition) is 3. The average molecular weight is 263 g/mol. The summed E-state index contributed by atoms with van der Waals surface area (Å²) in [7, 11) is 0. The highest BCUT2D eigenvalue weighted by Crippen LogP contribution is 2.24. The van der Waals surface area contributed by atoms with Crippen molar-refractivity contribution in [3.63, 3.8) is 0 Å². The van der Waals surface area contributed by atoms with Crippen LogP contribution >= 0.6 is 11.6 Å². The molecule has 0 amide bonds. The Morgan fingerprint density at radius 3 is 2.56 bits per heavy atom.